The van der Waals surface area contributed by atoms with Crippen molar-refractivity contribution in [1.29, 1.82) is 0 Å². The van der Waals surface area contributed by atoms with Gasteiger partial charge in [0.15, 0.2) is 5.82 Å². The summed E-state index contributed by atoms with van der Waals surface area (Å²) in [5, 5.41) is 6.72. The zero-order valence-electron chi connectivity index (χ0n) is 15.6. The van der Waals surface area contributed by atoms with Crippen molar-refractivity contribution in [2.24, 2.45) is 0 Å². The lowest BCUT2D eigenvalue weighted by atomic mass is 10.0. The number of carbonyl (C=O) groups is 1. The highest BCUT2D eigenvalue weighted by molar-refractivity contribution is 5.88. The lowest BCUT2D eigenvalue weighted by molar-refractivity contribution is 0.123. The minimum atomic E-state index is -0.0818. The van der Waals surface area contributed by atoms with Gasteiger partial charge in [0.1, 0.15) is 5.76 Å². The van der Waals surface area contributed by atoms with Crippen LogP contribution >= 0.6 is 0 Å². The molecule has 0 saturated carbocycles. The zero-order chi connectivity index (χ0) is 18.4. The Hall–Kier alpha value is -2.34. The van der Waals surface area contributed by atoms with Crippen molar-refractivity contribution < 1.29 is 9.32 Å². The van der Waals surface area contributed by atoms with Crippen molar-refractivity contribution in [3.63, 3.8) is 0 Å². The van der Waals surface area contributed by atoms with Crippen molar-refractivity contribution in [2.75, 3.05) is 25.0 Å². The molecule has 140 valence electrons. The summed E-state index contributed by atoms with van der Waals surface area (Å²) in [7, 11) is 0. The van der Waals surface area contributed by atoms with Gasteiger partial charge >= 0.3 is 6.03 Å². The highest BCUT2D eigenvalue weighted by Crippen LogP contribution is 2.20. The highest BCUT2D eigenvalue weighted by atomic mass is 16.5. The Morgan fingerprint density at radius 1 is 1.31 bits per heavy atom. The van der Waals surface area contributed by atoms with Gasteiger partial charge in [-0.1, -0.05) is 42.4 Å². The number of urea groups is 1. The number of likely N-dealkylation sites (tertiary alicyclic amines) is 1. The predicted octanol–water partition coefficient (Wildman–Crippen LogP) is 3.89. The van der Waals surface area contributed by atoms with Gasteiger partial charge in [0.25, 0.3) is 0 Å². The number of hydrogen-bond acceptors (Lipinski definition) is 4. The van der Waals surface area contributed by atoms with E-state index in [1.165, 1.54) is 5.56 Å². The molecule has 0 spiro atoms. The maximum absolute atomic E-state index is 12.7. The molecule has 2 aromatic rings. The number of aromatic nitrogens is 1. The maximum Gasteiger partial charge on any atom is 0.323 e. The number of rotatable bonds is 6. The van der Waals surface area contributed by atoms with Crippen molar-refractivity contribution in [3.05, 3.63) is 47.7 Å². The van der Waals surface area contributed by atoms with E-state index in [0.717, 1.165) is 45.4 Å². The molecule has 1 aliphatic heterocycles. The fourth-order valence-electron chi connectivity index (χ4n) is 3.53. The molecule has 1 aromatic carbocycles. The van der Waals surface area contributed by atoms with Crippen LogP contribution in [0.2, 0.25) is 0 Å². The number of piperidine rings is 1. The van der Waals surface area contributed by atoms with E-state index in [0.29, 0.717) is 11.6 Å². The minimum Gasteiger partial charge on any atom is -0.360 e. The summed E-state index contributed by atoms with van der Waals surface area (Å²) >= 11 is 0. The largest absolute Gasteiger partial charge is 0.360 e. The van der Waals surface area contributed by atoms with Crippen LogP contribution in [0.25, 0.3) is 0 Å². The van der Waals surface area contributed by atoms with Crippen molar-refractivity contribution in [2.45, 2.75) is 45.7 Å². The Labute approximate surface area is 155 Å². The molecule has 0 unspecified atom stereocenters. The Kier molecular flexibility index (Phi) is 6.28. The van der Waals surface area contributed by atoms with Crippen LogP contribution in [0, 0.1) is 6.92 Å². The van der Waals surface area contributed by atoms with Crippen LogP contribution in [0.4, 0.5) is 10.6 Å². The lowest BCUT2D eigenvalue weighted by Crippen LogP contribution is -2.49. The van der Waals surface area contributed by atoms with Crippen LogP contribution in [-0.4, -0.2) is 46.7 Å². The van der Waals surface area contributed by atoms with Gasteiger partial charge in [0.2, 0.25) is 0 Å². The molecule has 2 heterocycles. The summed E-state index contributed by atoms with van der Waals surface area (Å²) < 4.78 is 5.03. The fourth-order valence-corrected chi connectivity index (χ4v) is 3.53. The zero-order valence-corrected chi connectivity index (χ0v) is 15.6. The molecule has 0 radical (unpaired) electrons. The first-order valence-corrected chi connectivity index (χ1v) is 9.43. The molecule has 1 N–H and O–H groups in total. The topological polar surface area (TPSA) is 61.6 Å². The minimum absolute atomic E-state index is 0.0818. The van der Waals surface area contributed by atoms with E-state index in [1.54, 1.807) is 6.07 Å². The monoisotopic (exact) mass is 356 g/mol. The van der Waals surface area contributed by atoms with Crippen LogP contribution in [0.1, 0.15) is 37.5 Å². The first-order valence-electron chi connectivity index (χ1n) is 9.43. The van der Waals surface area contributed by atoms with E-state index in [2.05, 4.69) is 46.6 Å². The summed E-state index contributed by atoms with van der Waals surface area (Å²) in [4.78, 5) is 17.1. The standard InChI is InChI=1S/C20H28N4O2/c1-3-11-24(20(25)21-19-14-16(2)26-22-19)18-9-12-23(13-10-18)15-17-7-5-4-6-8-17/h4-8,14,18H,3,9-13,15H2,1-2H3,(H,21,22,25). The summed E-state index contributed by atoms with van der Waals surface area (Å²) in [5.41, 5.74) is 1.34. The summed E-state index contributed by atoms with van der Waals surface area (Å²) in [6, 6.07) is 12.5. The molecule has 0 atom stereocenters. The average Bonchev–Trinajstić information content (AvgIpc) is 3.06. The highest BCUT2D eigenvalue weighted by Gasteiger charge is 2.28. The molecule has 2 amide bonds. The Balaban J connectivity index is 1.54. The smallest absolute Gasteiger partial charge is 0.323 e. The second-order valence-corrected chi connectivity index (χ2v) is 6.94. The number of anilines is 1. The number of benzene rings is 1. The average molecular weight is 356 g/mol. The number of nitrogens with one attached hydrogen (secondary N) is 1. The molecule has 26 heavy (non-hydrogen) atoms. The normalized spacial score (nSPS) is 15.8. The number of aryl methyl sites for hydroxylation is 1. The number of carbonyl (C=O) groups excluding carboxylic acids is 1. The molecular weight excluding hydrogens is 328 g/mol. The fraction of sp³-hybridized carbons (Fsp3) is 0.500. The Morgan fingerprint density at radius 3 is 2.65 bits per heavy atom. The Bertz CT molecular complexity index is 693. The summed E-state index contributed by atoms with van der Waals surface area (Å²) in [5.74, 6) is 1.17. The van der Waals surface area contributed by atoms with Gasteiger partial charge < -0.3 is 9.42 Å². The third-order valence-electron chi connectivity index (χ3n) is 4.84. The van der Waals surface area contributed by atoms with E-state index in [-0.39, 0.29) is 12.1 Å². The lowest BCUT2D eigenvalue weighted by Gasteiger charge is -2.38. The number of hydrogen-bond donors (Lipinski definition) is 1. The van der Waals surface area contributed by atoms with Gasteiger partial charge in [0, 0.05) is 38.3 Å². The van der Waals surface area contributed by atoms with Gasteiger partial charge in [-0.25, -0.2) is 4.79 Å². The van der Waals surface area contributed by atoms with Crippen LogP contribution in [0.3, 0.4) is 0 Å². The van der Waals surface area contributed by atoms with Crippen LogP contribution in [-0.2, 0) is 6.54 Å². The molecule has 6 heteroatoms. The first-order chi connectivity index (χ1) is 12.7. The first kappa shape index (κ1) is 18.5. The third kappa shape index (κ3) is 4.85. The van der Waals surface area contributed by atoms with Crippen molar-refractivity contribution in [1.82, 2.24) is 15.0 Å². The second kappa shape index (κ2) is 8.85. The molecule has 1 aromatic heterocycles. The van der Waals surface area contributed by atoms with Crippen molar-refractivity contribution in [3.8, 4) is 0 Å². The van der Waals surface area contributed by atoms with Crippen LogP contribution in [0.5, 0.6) is 0 Å². The SMILES string of the molecule is CCCN(C(=O)Nc1cc(C)on1)C1CCN(Cc2ccccc2)CC1. The molecule has 0 bridgehead atoms. The van der Waals surface area contributed by atoms with Crippen molar-refractivity contribution >= 4 is 11.8 Å². The quantitative estimate of drug-likeness (QED) is 0.853. The second-order valence-electron chi connectivity index (χ2n) is 6.94. The van der Waals surface area contributed by atoms with Crippen LogP contribution < -0.4 is 5.32 Å². The molecule has 1 saturated heterocycles. The number of amides is 2. The van der Waals surface area contributed by atoms with E-state index >= 15 is 0 Å². The van der Waals surface area contributed by atoms with E-state index < -0.39 is 0 Å². The molecule has 6 nitrogen and oxygen atoms in total. The van der Waals surface area contributed by atoms with Gasteiger partial charge in [-0.3, -0.25) is 10.2 Å². The Morgan fingerprint density at radius 2 is 2.04 bits per heavy atom. The van der Waals surface area contributed by atoms with Gasteiger partial charge in [0.05, 0.1) is 0 Å². The van der Waals surface area contributed by atoms with E-state index in [4.69, 9.17) is 4.52 Å². The molecule has 1 aliphatic rings. The summed E-state index contributed by atoms with van der Waals surface area (Å²) in [6.07, 6.45) is 2.94. The number of nitrogens with zero attached hydrogens (tertiary/aromatic N) is 3. The molecule has 0 aliphatic carbocycles. The third-order valence-corrected chi connectivity index (χ3v) is 4.84. The molecule has 1 fully saturated rings. The van der Waals surface area contributed by atoms with Gasteiger partial charge in [-0.05, 0) is 31.7 Å². The summed E-state index contributed by atoms with van der Waals surface area (Å²) in [6.45, 7) is 7.67. The molecule has 3 rings (SSSR count). The molecular formula is C20H28N4O2. The van der Waals surface area contributed by atoms with Crippen LogP contribution in [0.15, 0.2) is 40.9 Å². The van der Waals surface area contributed by atoms with E-state index in [1.807, 2.05) is 17.9 Å². The van der Waals surface area contributed by atoms with Gasteiger partial charge in [-0.15, -0.1) is 0 Å². The maximum atomic E-state index is 12.7. The predicted molar refractivity (Wildman–Crippen MR) is 102 cm³/mol. The van der Waals surface area contributed by atoms with Gasteiger partial charge in [-0.2, -0.15) is 0 Å². The van der Waals surface area contributed by atoms with E-state index in [9.17, 15) is 4.79 Å².